The van der Waals surface area contributed by atoms with E-state index in [4.69, 9.17) is 21.4 Å². The molecule has 1 aromatic carbocycles. The van der Waals surface area contributed by atoms with E-state index in [1.165, 1.54) is 25.1 Å². The highest BCUT2D eigenvalue weighted by Crippen LogP contribution is 2.29. The lowest BCUT2D eigenvalue weighted by Crippen LogP contribution is -2.32. The molecule has 0 aromatic heterocycles. The Morgan fingerprint density at radius 2 is 2.19 bits per heavy atom. The standard InChI is InChI=1S/C14H18ClF2NO3/c1-9(14(2,16)17)21-12-5-4-10(8-11(12)15)13(20)18-6-3-7-19/h4-5,8-9,19H,3,6-7H2,1-2H3,(H,18,20). The minimum Gasteiger partial charge on any atom is -0.483 e. The summed E-state index contributed by atoms with van der Waals surface area (Å²) in [5.74, 6) is -3.26. The molecular formula is C14H18ClF2NO3. The number of carbonyl (C=O) groups is 1. The molecule has 0 spiro atoms. The third-order valence-corrected chi connectivity index (χ3v) is 3.13. The van der Waals surface area contributed by atoms with Crippen molar-refractivity contribution in [1.29, 1.82) is 0 Å². The zero-order valence-electron chi connectivity index (χ0n) is 11.8. The first kappa shape index (κ1) is 17.7. The molecule has 1 amide bonds. The van der Waals surface area contributed by atoms with E-state index in [9.17, 15) is 13.6 Å². The van der Waals surface area contributed by atoms with Gasteiger partial charge in [-0.3, -0.25) is 4.79 Å². The molecule has 7 heteroatoms. The number of amides is 1. The second-order valence-corrected chi connectivity index (χ2v) is 5.10. The van der Waals surface area contributed by atoms with Crippen LogP contribution >= 0.6 is 11.6 Å². The van der Waals surface area contributed by atoms with Gasteiger partial charge in [0.25, 0.3) is 11.8 Å². The predicted octanol–water partition coefficient (Wildman–Crippen LogP) is 2.87. The molecular weight excluding hydrogens is 304 g/mol. The highest BCUT2D eigenvalue weighted by Gasteiger charge is 2.32. The van der Waals surface area contributed by atoms with E-state index >= 15 is 0 Å². The lowest BCUT2D eigenvalue weighted by atomic mass is 10.2. The molecule has 21 heavy (non-hydrogen) atoms. The summed E-state index contributed by atoms with van der Waals surface area (Å²) in [6.07, 6.45) is -0.886. The molecule has 2 N–H and O–H groups in total. The Balaban J connectivity index is 2.74. The number of ether oxygens (including phenoxy) is 1. The highest BCUT2D eigenvalue weighted by molar-refractivity contribution is 6.32. The largest absolute Gasteiger partial charge is 0.483 e. The SMILES string of the molecule is CC(Oc1ccc(C(=O)NCCCO)cc1Cl)C(C)(F)F. The van der Waals surface area contributed by atoms with Crippen molar-refractivity contribution in [3.63, 3.8) is 0 Å². The molecule has 0 fully saturated rings. The van der Waals surface area contributed by atoms with E-state index in [2.05, 4.69) is 5.32 Å². The van der Waals surface area contributed by atoms with Crippen LogP contribution in [0.1, 0.15) is 30.6 Å². The number of hydrogen-bond donors (Lipinski definition) is 2. The van der Waals surface area contributed by atoms with Gasteiger partial charge in [0.05, 0.1) is 5.02 Å². The Hall–Kier alpha value is -1.40. The van der Waals surface area contributed by atoms with Crippen LogP contribution in [-0.2, 0) is 0 Å². The number of halogens is 3. The third kappa shape index (κ3) is 5.47. The number of nitrogens with one attached hydrogen (secondary N) is 1. The Labute approximate surface area is 127 Å². The van der Waals surface area contributed by atoms with E-state index in [-0.39, 0.29) is 23.3 Å². The van der Waals surface area contributed by atoms with Crippen molar-refractivity contribution in [3.05, 3.63) is 28.8 Å². The topological polar surface area (TPSA) is 58.6 Å². The van der Waals surface area contributed by atoms with Gasteiger partial charge in [-0.15, -0.1) is 0 Å². The van der Waals surface area contributed by atoms with Crippen molar-refractivity contribution in [2.75, 3.05) is 13.2 Å². The molecule has 1 atom stereocenters. The molecule has 0 saturated carbocycles. The predicted molar refractivity (Wildman–Crippen MR) is 76.2 cm³/mol. The molecule has 1 unspecified atom stereocenters. The van der Waals surface area contributed by atoms with Crippen LogP contribution < -0.4 is 10.1 Å². The number of benzene rings is 1. The molecule has 1 rings (SSSR count). The lowest BCUT2D eigenvalue weighted by Gasteiger charge is -2.21. The first-order chi connectivity index (χ1) is 9.75. The van der Waals surface area contributed by atoms with Gasteiger partial charge in [-0.25, -0.2) is 8.78 Å². The fraction of sp³-hybridized carbons (Fsp3) is 0.500. The van der Waals surface area contributed by atoms with Crippen molar-refractivity contribution in [2.24, 2.45) is 0 Å². The first-order valence-electron chi connectivity index (χ1n) is 6.48. The van der Waals surface area contributed by atoms with Crippen LogP contribution in [0.3, 0.4) is 0 Å². The van der Waals surface area contributed by atoms with Gasteiger partial charge in [0.2, 0.25) is 0 Å². The zero-order chi connectivity index (χ0) is 16.0. The summed E-state index contributed by atoms with van der Waals surface area (Å²) in [6.45, 7) is 2.32. The number of alkyl halides is 2. The number of rotatable bonds is 7. The summed E-state index contributed by atoms with van der Waals surface area (Å²) in [6, 6.07) is 4.17. The zero-order valence-corrected chi connectivity index (χ0v) is 12.6. The second-order valence-electron chi connectivity index (χ2n) is 4.69. The number of aliphatic hydroxyl groups is 1. The van der Waals surface area contributed by atoms with E-state index < -0.39 is 12.0 Å². The maximum absolute atomic E-state index is 13.1. The summed E-state index contributed by atoms with van der Waals surface area (Å²) in [7, 11) is 0. The smallest absolute Gasteiger partial charge is 0.281 e. The summed E-state index contributed by atoms with van der Waals surface area (Å²) in [5, 5.41) is 11.3. The van der Waals surface area contributed by atoms with Crippen molar-refractivity contribution < 1.29 is 23.4 Å². The van der Waals surface area contributed by atoms with Gasteiger partial charge in [0.15, 0.2) is 6.10 Å². The Kier molecular flexibility index (Phi) is 6.36. The van der Waals surface area contributed by atoms with Gasteiger partial charge < -0.3 is 15.2 Å². The molecule has 0 radical (unpaired) electrons. The highest BCUT2D eigenvalue weighted by atomic mass is 35.5. The third-order valence-electron chi connectivity index (χ3n) is 2.83. The molecule has 0 aliphatic rings. The first-order valence-corrected chi connectivity index (χ1v) is 6.86. The van der Waals surface area contributed by atoms with Crippen molar-refractivity contribution in [3.8, 4) is 5.75 Å². The molecule has 0 aliphatic carbocycles. The molecule has 0 aliphatic heterocycles. The van der Waals surface area contributed by atoms with Crippen molar-refractivity contribution >= 4 is 17.5 Å². The number of carbonyl (C=O) groups excluding carboxylic acids is 1. The fourth-order valence-electron chi connectivity index (χ4n) is 1.41. The van der Waals surface area contributed by atoms with Gasteiger partial charge in [-0.1, -0.05) is 11.6 Å². The van der Waals surface area contributed by atoms with Crippen LogP contribution in [0.5, 0.6) is 5.75 Å². The molecule has 0 saturated heterocycles. The van der Waals surface area contributed by atoms with E-state index in [0.717, 1.165) is 6.92 Å². The second kappa shape index (κ2) is 7.56. The number of aliphatic hydroxyl groups excluding tert-OH is 1. The Morgan fingerprint density at radius 1 is 1.52 bits per heavy atom. The van der Waals surface area contributed by atoms with Gasteiger partial charge >= 0.3 is 0 Å². The molecule has 4 nitrogen and oxygen atoms in total. The molecule has 1 aromatic rings. The fourth-order valence-corrected chi connectivity index (χ4v) is 1.64. The van der Waals surface area contributed by atoms with Crippen LogP contribution in [0.25, 0.3) is 0 Å². The van der Waals surface area contributed by atoms with E-state index in [1.54, 1.807) is 0 Å². The minimum absolute atomic E-state index is 0.0169. The van der Waals surface area contributed by atoms with Crippen molar-refractivity contribution in [1.82, 2.24) is 5.32 Å². The Bertz CT molecular complexity index is 492. The molecule has 118 valence electrons. The quantitative estimate of drug-likeness (QED) is 0.759. The average molecular weight is 322 g/mol. The van der Waals surface area contributed by atoms with Gasteiger partial charge in [-0.05, 0) is 31.5 Å². The van der Waals surface area contributed by atoms with E-state index in [0.29, 0.717) is 18.5 Å². The maximum atomic E-state index is 13.1. The lowest BCUT2D eigenvalue weighted by molar-refractivity contribution is -0.0717. The molecule has 0 heterocycles. The van der Waals surface area contributed by atoms with Crippen molar-refractivity contribution in [2.45, 2.75) is 32.3 Å². The summed E-state index contributed by atoms with van der Waals surface area (Å²) >= 11 is 5.94. The maximum Gasteiger partial charge on any atom is 0.281 e. The van der Waals surface area contributed by atoms with Crippen LogP contribution in [0.2, 0.25) is 5.02 Å². The molecule has 0 bridgehead atoms. The average Bonchev–Trinajstić information content (AvgIpc) is 2.40. The minimum atomic E-state index is -3.00. The summed E-state index contributed by atoms with van der Waals surface area (Å²) in [5.41, 5.74) is 0.293. The van der Waals surface area contributed by atoms with Gasteiger partial charge in [0, 0.05) is 25.6 Å². The number of hydrogen-bond acceptors (Lipinski definition) is 3. The van der Waals surface area contributed by atoms with E-state index in [1.807, 2.05) is 0 Å². The summed E-state index contributed by atoms with van der Waals surface area (Å²) in [4.78, 5) is 11.8. The Morgan fingerprint density at radius 3 is 2.71 bits per heavy atom. The van der Waals surface area contributed by atoms with Crippen LogP contribution in [-0.4, -0.2) is 36.2 Å². The van der Waals surface area contributed by atoms with Gasteiger partial charge in [-0.2, -0.15) is 0 Å². The van der Waals surface area contributed by atoms with Gasteiger partial charge in [0.1, 0.15) is 5.75 Å². The summed E-state index contributed by atoms with van der Waals surface area (Å²) < 4.78 is 31.2. The monoisotopic (exact) mass is 321 g/mol. The van der Waals surface area contributed by atoms with Crippen LogP contribution in [0, 0.1) is 0 Å². The normalized spacial score (nSPS) is 12.9. The van der Waals surface area contributed by atoms with Crippen LogP contribution in [0.4, 0.5) is 8.78 Å². The van der Waals surface area contributed by atoms with Crippen LogP contribution in [0.15, 0.2) is 18.2 Å².